The fraction of sp³-hybridized carbons (Fsp3) is 0.273. The summed E-state index contributed by atoms with van der Waals surface area (Å²) in [7, 11) is 1.28. The highest BCUT2D eigenvalue weighted by atomic mass is 35.5. The van der Waals surface area contributed by atoms with E-state index >= 15 is 0 Å². The predicted molar refractivity (Wildman–Crippen MR) is 56.9 cm³/mol. The molecule has 0 fully saturated rings. The molecule has 1 rings (SSSR count). The van der Waals surface area contributed by atoms with Gasteiger partial charge in [-0.3, -0.25) is 0 Å². The third-order valence-electron chi connectivity index (χ3n) is 2.07. The van der Waals surface area contributed by atoms with E-state index in [1.54, 1.807) is 12.1 Å². The second kappa shape index (κ2) is 4.81. The van der Waals surface area contributed by atoms with Crippen LogP contribution in [-0.2, 0) is 11.2 Å². The van der Waals surface area contributed by atoms with Gasteiger partial charge in [0, 0.05) is 0 Å². The van der Waals surface area contributed by atoms with Crippen molar-refractivity contribution in [3.05, 3.63) is 33.8 Å². The average molecular weight is 224 g/mol. The lowest BCUT2D eigenvalue weighted by Gasteiger charge is -2.06. The molecule has 0 atom stereocenters. The van der Waals surface area contributed by atoms with Crippen LogP contribution in [0.1, 0.15) is 28.4 Å². The standard InChI is InChI=1S/C11H10ClNO2/c1-3-7-4-8(6-13)10(12)9(5-7)11(14)15-2/h4-5H,3H2,1-2H3. The van der Waals surface area contributed by atoms with Gasteiger partial charge in [0.25, 0.3) is 0 Å². The number of halogens is 1. The summed E-state index contributed by atoms with van der Waals surface area (Å²) in [5.74, 6) is -0.521. The van der Waals surface area contributed by atoms with Gasteiger partial charge >= 0.3 is 5.97 Å². The third kappa shape index (κ3) is 2.28. The van der Waals surface area contributed by atoms with Crippen LogP contribution in [0.15, 0.2) is 12.1 Å². The Bertz CT molecular complexity index is 435. The van der Waals surface area contributed by atoms with Crippen molar-refractivity contribution in [1.82, 2.24) is 0 Å². The zero-order valence-corrected chi connectivity index (χ0v) is 9.26. The molecule has 0 heterocycles. The summed E-state index contributed by atoms with van der Waals surface area (Å²) in [4.78, 5) is 11.4. The molecule has 1 aromatic rings. The highest BCUT2D eigenvalue weighted by Crippen LogP contribution is 2.23. The van der Waals surface area contributed by atoms with Gasteiger partial charge in [0.05, 0.1) is 23.3 Å². The second-order valence-corrected chi connectivity index (χ2v) is 3.34. The summed E-state index contributed by atoms with van der Waals surface area (Å²) in [5.41, 5.74) is 1.43. The molecule has 0 saturated heterocycles. The summed E-state index contributed by atoms with van der Waals surface area (Å²) in [6.45, 7) is 1.94. The molecule has 0 amide bonds. The molecule has 0 saturated carbocycles. The largest absolute Gasteiger partial charge is 0.465 e. The van der Waals surface area contributed by atoms with Crippen LogP contribution in [-0.4, -0.2) is 13.1 Å². The van der Waals surface area contributed by atoms with Crippen molar-refractivity contribution in [2.24, 2.45) is 0 Å². The Balaban J connectivity index is 3.38. The summed E-state index contributed by atoms with van der Waals surface area (Å²) in [6.07, 6.45) is 0.732. The molecule has 0 spiro atoms. The first kappa shape index (κ1) is 11.5. The van der Waals surface area contributed by atoms with Crippen LogP contribution in [0.2, 0.25) is 5.02 Å². The van der Waals surface area contributed by atoms with E-state index in [9.17, 15) is 4.79 Å². The minimum atomic E-state index is -0.521. The Kier molecular flexibility index (Phi) is 3.70. The molecule has 0 radical (unpaired) electrons. The summed E-state index contributed by atoms with van der Waals surface area (Å²) in [6, 6.07) is 5.27. The minimum Gasteiger partial charge on any atom is -0.465 e. The summed E-state index contributed by atoms with van der Waals surface area (Å²) < 4.78 is 4.58. The molecule has 0 bridgehead atoms. The van der Waals surface area contributed by atoms with Crippen LogP contribution in [0.4, 0.5) is 0 Å². The number of benzene rings is 1. The molecule has 0 aliphatic heterocycles. The molecule has 1 aromatic carbocycles. The maximum absolute atomic E-state index is 11.4. The minimum absolute atomic E-state index is 0.154. The van der Waals surface area contributed by atoms with Gasteiger partial charge in [-0.05, 0) is 24.1 Å². The van der Waals surface area contributed by atoms with Crippen molar-refractivity contribution in [3.63, 3.8) is 0 Å². The molecular formula is C11H10ClNO2. The highest BCUT2D eigenvalue weighted by molar-refractivity contribution is 6.34. The van der Waals surface area contributed by atoms with Gasteiger partial charge < -0.3 is 4.74 Å². The lowest BCUT2D eigenvalue weighted by atomic mass is 10.0. The number of carbonyl (C=O) groups excluding carboxylic acids is 1. The van der Waals surface area contributed by atoms with Crippen molar-refractivity contribution < 1.29 is 9.53 Å². The summed E-state index contributed by atoms with van der Waals surface area (Å²) in [5, 5.41) is 8.98. The number of hydrogen-bond acceptors (Lipinski definition) is 3. The SMILES string of the molecule is CCc1cc(C#N)c(Cl)c(C(=O)OC)c1. The average Bonchev–Trinajstić information content (AvgIpc) is 2.28. The van der Waals surface area contributed by atoms with Crippen molar-refractivity contribution in [1.29, 1.82) is 5.26 Å². The van der Waals surface area contributed by atoms with Gasteiger partial charge in [0.15, 0.2) is 0 Å². The van der Waals surface area contributed by atoms with E-state index in [2.05, 4.69) is 4.74 Å². The lowest BCUT2D eigenvalue weighted by molar-refractivity contribution is 0.0601. The molecular weight excluding hydrogens is 214 g/mol. The Labute approximate surface area is 93.2 Å². The molecule has 3 nitrogen and oxygen atoms in total. The van der Waals surface area contributed by atoms with Gasteiger partial charge in [-0.2, -0.15) is 5.26 Å². The number of nitrogens with zero attached hydrogens (tertiary/aromatic N) is 1. The Morgan fingerprint density at radius 3 is 2.73 bits per heavy atom. The zero-order chi connectivity index (χ0) is 11.4. The number of esters is 1. The van der Waals surface area contributed by atoms with Crippen molar-refractivity contribution >= 4 is 17.6 Å². The smallest absolute Gasteiger partial charge is 0.339 e. The van der Waals surface area contributed by atoms with Crippen LogP contribution in [0, 0.1) is 11.3 Å². The second-order valence-electron chi connectivity index (χ2n) is 2.96. The maximum Gasteiger partial charge on any atom is 0.339 e. The molecule has 78 valence electrons. The van der Waals surface area contributed by atoms with E-state index in [1.807, 2.05) is 13.0 Å². The van der Waals surface area contributed by atoms with Crippen LogP contribution < -0.4 is 0 Å². The Morgan fingerprint density at radius 1 is 1.60 bits per heavy atom. The number of methoxy groups -OCH3 is 1. The first-order chi connectivity index (χ1) is 7.13. The zero-order valence-electron chi connectivity index (χ0n) is 8.50. The van der Waals surface area contributed by atoms with Crippen LogP contribution in [0.5, 0.6) is 0 Å². The fourth-order valence-electron chi connectivity index (χ4n) is 1.23. The first-order valence-corrected chi connectivity index (χ1v) is 4.82. The first-order valence-electron chi connectivity index (χ1n) is 4.44. The van der Waals surface area contributed by atoms with Crippen LogP contribution >= 0.6 is 11.6 Å². The Morgan fingerprint density at radius 2 is 2.27 bits per heavy atom. The van der Waals surface area contributed by atoms with Gasteiger partial charge in [-0.15, -0.1) is 0 Å². The number of ether oxygens (including phenoxy) is 1. The molecule has 4 heteroatoms. The van der Waals surface area contributed by atoms with Crippen molar-refractivity contribution in [3.8, 4) is 6.07 Å². The summed E-state index contributed by atoms with van der Waals surface area (Å²) >= 11 is 5.89. The number of rotatable bonds is 2. The number of aryl methyl sites for hydroxylation is 1. The van der Waals surface area contributed by atoms with Gasteiger partial charge in [-0.1, -0.05) is 18.5 Å². The quantitative estimate of drug-likeness (QED) is 0.724. The normalized spacial score (nSPS) is 9.47. The van der Waals surface area contributed by atoms with Crippen molar-refractivity contribution in [2.75, 3.05) is 7.11 Å². The number of hydrogen-bond donors (Lipinski definition) is 0. The van der Waals surface area contributed by atoms with E-state index in [4.69, 9.17) is 16.9 Å². The Hall–Kier alpha value is -1.53. The van der Waals surface area contributed by atoms with Gasteiger partial charge in [0.1, 0.15) is 6.07 Å². The number of carbonyl (C=O) groups is 1. The topological polar surface area (TPSA) is 50.1 Å². The van der Waals surface area contributed by atoms with E-state index in [0.717, 1.165) is 12.0 Å². The van der Waals surface area contributed by atoms with E-state index in [0.29, 0.717) is 5.56 Å². The maximum atomic E-state index is 11.4. The van der Waals surface area contributed by atoms with Crippen LogP contribution in [0.25, 0.3) is 0 Å². The molecule has 0 unspecified atom stereocenters. The number of nitriles is 1. The molecule has 0 aliphatic carbocycles. The lowest BCUT2D eigenvalue weighted by Crippen LogP contribution is -2.04. The molecule has 0 N–H and O–H groups in total. The third-order valence-corrected chi connectivity index (χ3v) is 2.47. The van der Waals surface area contributed by atoms with E-state index in [1.165, 1.54) is 7.11 Å². The highest BCUT2D eigenvalue weighted by Gasteiger charge is 2.15. The van der Waals surface area contributed by atoms with Crippen LogP contribution in [0.3, 0.4) is 0 Å². The fourth-order valence-corrected chi connectivity index (χ4v) is 1.46. The van der Waals surface area contributed by atoms with Crippen molar-refractivity contribution in [2.45, 2.75) is 13.3 Å². The molecule has 15 heavy (non-hydrogen) atoms. The van der Waals surface area contributed by atoms with Gasteiger partial charge in [0.2, 0.25) is 0 Å². The van der Waals surface area contributed by atoms with Gasteiger partial charge in [-0.25, -0.2) is 4.79 Å². The van der Waals surface area contributed by atoms with E-state index in [-0.39, 0.29) is 10.6 Å². The predicted octanol–water partition coefficient (Wildman–Crippen LogP) is 2.56. The van der Waals surface area contributed by atoms with E-state index < -0.39 is 5.97 Å². The monoisotopic (exact) mass is 223 g/mol. The molecule has 0 aromatic heterocycles. The molecule has 0 aliphatic rings.